The maximum absolute atomic E-state index is 10.3. The molecule has 3 N–H and O–H groups in total. The van der Waals surface area contributed by atoms with Gasteiger partial charge in [-0.2, -0.15) is 0 Å². The number of anilines is 1. The minimum absolute atomic E-state index is 0. The maximum Gasteiger partial charge on any atom is 0.307 e. The molecule has 0 heterocycles. The monoisotopic (exact) mass is 174 g/mol. The fourth-order valence-corrected chi connectivity index (χ4v) is 0.858. The van der Waals surface area contributed by atoms with E-state index in [0.717, 1.165) is 0 Å². The normalized spacial score (nSPS) is 8.67. The van der Waals surface area contributed by atoms with Crippen LogP contribution < -0.4 is 5.73 Å². The molecule has 0 aliphatic rings. The first kappa shape index (κ1) is 11.5. The van der Waals surface area contributed by atoms with Crippen molar-refractivity contribution < 1.29 is 9.90 Å². The van der Waals surface area contributed by atoms with Gasteiger partial charge in [0.1, 0.15) is 0 Å². The van der Waals surface area contributed by atoms with E-state index in [1.54, 1.807) is 24.3 Å². The number of carbonyl (C=O) groups is 1. The van der Waals surface area contributed by atoms with E-state index >= 15 is 0 Å². The topological polar surface area (TPSA) is 63.3 Å². The van der Waals surface area contributed by atoms with E-state index < -0.39 is 5.97 Å². The third-order valence-electron chi connectivity index (χ3n) is 1.40. The van der Waals surface area contributed by atoms with E-state index in [1.165, 1.54) is 0 Å². The molecule has 1 aromatic rings. The average molecular weight is 174 g/mol. The second kappa shape index (κ2) is 5.19. The molecule has 0 aromatic heterocycles. The standard InChI is InChI=1S/C8H9NO2.Na/c9-7-4-2-1-3-6(7)5-8(10)11;/h1-4H,5,9H2,(H,10,11);. The summed E-state index contributed by atoms with van der Waals surface area (Å²) in [6, 6.07) is 6.96. The number of nitrogens with two attached hydrogens (primary N) is 1. The molecule has 0 bridgehead atoms. The van der Waals surface area contributed by atoms with Gasteiger partial charge in [-0.25, -0.2) is 0 Å². The summed E-state index contributed by atoms with van der Waals surface area (Å²) in [5.74, 6) is -0.858. The van der Waals surface area contributed by atoms with Gasteiger partial charge in [0.25, 0.3) is 0 Å². The van der Waals surface area contributed by atoms with Crippen molar-refractivity contribution in [2.75, 3.05) is 5.73 Å². The van der Waals surface area contributed by atoms with Crippen LogP contribution in [0.3, 0.4) is 0 Å². The van der Waals surface area contributed by atoms with Crippen LogP contribution in [0, 0.1) is 0 Å². The average Bonchev–Trinajstić information content (AvgIpc) is 1.93. The van der Waals surface area contributed by atoms with E-state index in [-0.39, 0.29) is 36.0 Å². The maximum atomic E-state index is 10.3. The first-order valence-corrected chi connectivity index (χ1v) is 3.25. The largest absolute Gasteiger partial charge is 0.481 e. The molecule has 1 radical (unpaired) electrons. The second-order valence-corrected chi connectivity index (χ2v) is 2.27. The molecule has 0 fully saturated rings. The van der Waals surface area contributed by atoms with Gasteiger partial charge in [0.05, 0.1) is 6.42 Å². The Morgan fingerprint density at radius 1 is 1.42 bits per heavy atom. The molecule has 1 aromatic carbocycles. The van der Waals surface area contributed by atoms with Crippen LogP contribution >= 0.6 is 0 Å². The first-order valence-electron chi connectivity index (χ1n) is 3.25. The Morgan fingerprint density at radius 2 is 2.00 bits per heavy atom. The van der Waals surface area contributed by atoms with Crippen LogP contribution in [0.25, 0.3) is 0 Å². The summed E-state index contributed by atoms with van der Waals surface area (Å²) in [6.45, 7) is 0. The SMILES string of the molecule is Nc1ccccc1CC(=O)O.[Na]. The molecule has 4 heteroatoms. The third-order valence-corrected chi connectivity index (χ3v) is 1.40. The number of rotatable bonds is 2. The summed E-state index contributed by atoms with van der Waals surface area (Å²) in [7, 11) is 0. The van der Waals surface area contributed by atoms with Gasteiger partial charge in [0.2, 0.25) is 0 Å². The smallest absolute Gasteiger partial charge is 0.307 e. The Balaban J connectivity index is 0.00000121. The van der Waals surface area contributed by atoms with Crippen molar-refractivity contribution in [3.63, 3.8) is 0 Å². The van der Waals surface area contributed by atoms with Gasteiger partial charge in [-0.05, 0) is 11.6 Å². The summed E-state index contributed by atoms with van der Waals surface area (Å²) in [5.41, 5.74) is 6.71. The van der Waals surface area contributed by atoms with Crippen molar-refractivity contribution in [2.24, 2.45) is 0 Å². The zero-order valence-electron chi connectivity index (χ0n) is 6.95. The van der Waals surface area contributed by atoms with E-state index in [0.29, 0.717) is 11.3 Å². The molecule has 0 saturated carbocycles. The van der Waals surface area contributed by atoms with Crippen molar-refractivity contribution in [2.45, 2.75) is 6.42 Å². The van der Waals surface area contributed by atoms with E-state index in [2.05, 4.69) is 0 Å². The van der Waals surface area contributed by atoms with Crippen LogP contribution in [0.15, 0.2) is 24.3 Å². The van der Waals surface area contributed by atoms with Crippen LogP contribution in [0.5, 0.6) is 0 Å². The van der Waals surface area contributed by atoms with E-state index in [9.17, 15) is 4.79 Å². The number of para-hydroxylation sites is 1. The Hall–Kier alpha value is -0.510. The van der Waals surface area contributed by atoms with E-state index in [4.69, 9.17) is 10.8 Å². The molecule has 3 nitrogen and oxygen atoms in total. The van der Waals surface area contributed by atoms with Gasteiger partial charge in [-0.1, -0.05) is 18.2 Å². The summed E-state index contributed by atoms with van der Waals surface area (Å²) < 4.78 is 0. The summed E-state index contributed by atoms with van der Waals surface area (Å²) in [6.07, 6.45) is -0.00727. The fraction of sp³-hybridized carbons (Fsp3) is 0.125. The Labute approximate surface area is 92.9 Å². The molecular weight excluding hydrogens is 165 g/mol. The number of carboxylic acids is 1. The van der Waals surface area contributed by atoms with Gasteiger partial charge in [-0.15, -0.1) is 0 Å². The predicted molar refractivity (Wildman–Crippen MR) is 47.9 cm³/mol. The van der Waals surface area contributed by atoms with Crippen LogP contribution in [-0.4, -0.2) is 40.6 Å². The Kier molecular flexibility index (Phi) is 4.97. The quantitative estimate of drug-likeness (QED) is 0.507. The van der Waals surface area contributed by atoms with Crippen molar-refractivity contribution >= 4 is 41.2 Å². The van der Waals surface area contributed by atoms with Gasteiger partial charge < -0.3 is 10.8 Å². The second-order valence-electron chi connectivity index (χ2n) is 2.27. The molecule has 1 rings (SSSR count). The van der Waals surface area contributed by atoms with Crippen LogP contribution in [-0.2, 0) is 11.2 Å². The van der Waals surface area contributed by atoms with Crippen molar-refractivity contribution in [1.82, 2.24) is 0 Å². The van der Waals surface area contributed by atoms with Crippen LogP contribution in [0.2, 0.25) is 0 Å². The number of benzene rings is 1. The molecule has 0 spiro atoms. The van der Waals surface area contributed by atoms with Crippen LogP contribution in [0.1, 0.15) is 5.56 Å². The predicted octanol–water partition coefficient (Wildman–Crippen LogP) is 0.515. The number of aliphatic carboxylic acids is 1. The molecule has 0 unspecified atom stereocenters. The number of hydrogen-bond acceptors (Lipinski definition) is 2. The minimum atomic E-state index is -0.858. The van der Waals surface area contributed by atoms with E-state index in [1.807, 2.05) is 0 Å². The van der Waals surface area contributed by atoms with Crippen molar-refractivity contribution in [3.05, 3.63) is 29.8 Å². The molecule has 12 heavy (non-hydrogen) atoms. The van der Waals surface area contributed by atoms with Crippen molar-refractivity contribution in [3.8, 4) is 0 Å². The molecule has 0 saturated heterocycles. The first-order chi connectivity index (χ1) is 5.20. The third kappa shape index (κ3) is 3.26. The van der Waals surface area contributed by atoms with Crippen LogP contribution in [0.4, 0.5) is 5.69 Å². The van der Waals surface area contributed by atoms with Gasteiger partial charge >= 0.3 is 5.97 Å². The van der Waals surface area contributed by atoms with Gasteiger partial charge in [-0.3, -0.25) is 4.79 Å². The summed E-state index contributed by atoms with van der Waals surface area (Å²) in [5, 5.41) is 8.44. The van der Waals surface area contributed by atoms with Gasteiger partial charge in [0.15, 0.2) is 0 Å². The zero-order valence-corrected chi connectivity index (χ0v) is 8.95. The number of nitrogen functional groups attached to an aromatic ring is 1. The molecule has 0 aliphatic carbocycles. The molecule has 59 valence electrons. The van der Waals surface area contributed by atoms with Gasteiger partial charge in [0, 0.05) is 35.2 Å². The Morgan fingerprint density at radius 3 is 2.50 bits per heavy atom. The minimum Gasteiger partial charge on any atom is -0.481 e. The number of carboxylic acid groups (broad SMARTS) is 1. The molecule has 0 aliphatic heterocycles. The summed E-state index contributed by atoms with van der Waals surface area (Å²) in [4.78, 5) is 10.3. The fourth-order valence-electron chi connectivity index (χ4n) is 0.858. The Bertz CT molecular complexity index is 276. The number of hydrogen-bond donors (Lipinski definition) is 2. The molecule has 0 amide bonds. The summed E-state index contributed by atoms with van der Waals surface area (Å²) >= 11 is 0. The van der Waals surface area contributed by atoms with Crippen molar-refractivity contribution in [1.29, 1.82) is 0 Å². The zero-order chi connectivity index (χ0) is 8.27. The molecule has 0 atom stereocenters. The molecular formula is C8H9NNaO2.